The summed E-state index contributed by atoms with van der Waals surface area (Å²) >= 11 is 0. The number of hydrogen-bond acceptors (Lipinski definition) is 5. The first-order valence-electron chi connectivity index (χ1n) is 6.03. The van der Waals surface area contributed by atoms with Gasteiger partial charge in [-0.2, -0.15) is 0 Å². The van der Waals surface area contributed by atoms with Crippen LogP contribution in [-0.4, -0.2) is 27.9 Å². The molecule has 1 aromatic rings. The fraction of sp³-hybridized carbons (Fsp3) is 0.357. The van der Waals surface area contributed by atoms with E-state index in [0.29, 0.717) is 12.0 Å². The van der Waals surface area contributed by atoms with Gasteiger partial charge in [0.15, 0.2) is 17.2 Å². The summed E-state index contributed by atoms with van der Waals surface area (Å²) in [6.45, 7) is 5.41. The van der Waals surface area contributed by atoms with Gasteiger partial charge in [0.2, 0.25) is 0 Å². The maximum absolute atomic E-state index is 11.1. The predicted octanol–water partition coefficient (Wildman–Crippen LogP) is 2.42. The molecule has 0 aliphatic carbocycles. The van der Waals surface area contributed by atoms with Gasteiger partial charge in [0.1, 0.15) is 0 Å². The van der Waals surface area contributed by atoms with Gasteiger partial charge >= 0.3 is 5.97 Å². The molecule has 19 heavy (non-hydrogen) atoms. The van der Waals surface area contributed by atoms with Crippen LogP contribution in [0.15, 0.2) is 24.8 Å². The van der Waals surface area contributed by atoms with E-state index in [1.807, 2.05) is 6.92 Å². The Morgan fingerprint density at radius 2 is 1.95 bits per heavy atom. The van der Waals surface area contributed by atoms with Gasteiger partial charge in [0.25, 0.3) is 0 Å². The van der Waals surface area contributed by atoms with Gasteiger partial charge in [-0.3, -0.25) is 0 Å². The van der Waals surface area contributed by atoms with E-state index in [1.54, 1.807) is 0 Å². The first-order valence-corrected chi connectivity index (χ1v) is 6.03. The van der Waals surface area contributed by atoms with Crippen LogP contribution >= 0.6 is 0 Å². The molecular weight excluding hydrogens is 248 g/mol. The van der Waals surface area contributed by atoms with E-state index < -0.39 is 23.2 Å². The SMILES string of the molecule is C=CC(=O)OCC(CCC)c1cc(O)c(O)c(O)c1. The highest BCUT2D eigenvalue weighted by Crippen LogP contribution is 2.38. The Bertz CT molecular complexity index is 444. The summed E-state index contributed by atoms with van der Waals surface area (Å²) in [5.41, 5.74) is 0.603. The molecule has 1 atom stereocenters. The van der Waals surface area contributed by atoms with Crippen LogP contribution in [-0.2, 0) is 9.53 Å². The van der Waals surface area contributed by atoms with Gasteiger partial charge < -0.3 is 20.1 Å². The van der Waals surface area contributed by atoms with Crippen molar-refractivity contribution in [1.29, 1.82) is 0 Å². The number of rotatable bonds is 6. The van der Waals surface area contributed by atoms with Crippen molar-refractivity contribution in [3.8, 4) is 17.2 Å². The molecule has 0 spiro atoms. The fourth-order valence-corrected chi connectivity index (χ4v) is 1.80. The van der Waals surface area contributed by atoms with Crippen molar-refractivity contribution in [1.82, 2.24) is 0 Å². The first-order chi connectivity index (χ1) is 8.99. The number of esters is 1. The molecule has 1 unspecified atom stereocenters. The lowest BCUT2D eigenvalue weighted by Gasteiger charge is -2.17. The number of benzene rings is 1. The molecule has 5 nitrogen and oxygen atoms in total. The van der Waals surface area contributed by atoms with Gasteiger partial charge in [-0.15, -0.1) is 0 Å². The molecule has 0 saturated heterocycles. The second kappa shape index (κ2) is 6.68. The van der Waals surface area contributed by atoms with Crippen molar-refractivity contribution >= 4 is 5.97 Å². The predicted molar refractivity (Wildman–Crippen MR) is 70.2 cm³/mol. The molecule has 0 aliphatic rings. The number of phenolic OH excluding ortho intramolecular Hbond substituents is 3. The smallest absolute Gasteiger partial charge is 0.330 e. The van der Waals surface area contributed by atoms with E-state index in [1.165, 1.54) is 12.1 Å². The summed E-state index contributed by atoms with van der Waals surface area (Å²) in [6.07, 6.45) is 2.64. The topological polar surface area (TPSA) is 87.0 Å². The highest BCUT2D eigenvalue weighted by molar-refractivity contribution is 5.81. The molecule has 0 bridgehead atoms. The molecule has 1 aromatic carbocycles. The number of phenols is 3. The molecule has 0 amide bonds. The van der Waals surface area contributed by atoms with Crippen molar-refractivity contribution in [2.75, 3.05) is 6.61 Å². The minimum atomic E-state index is -0.554. The third kappa shape index (κ3) is 3.91. The van der Waals surface area contributed by atoms with Crippen molar-refractivity contribution in [2.24, 2.45) is 0 Å². The zero-order valence-electron chi connectivity index (χ0n) is 10.8. The molecule has 0 aliphatic heterocycles. The Balaban J connectivity index is 2.92. The highest BCUT2D eigenvalue weighted by Gasteiger charge is 2.17. The van der Waals surface area contributed by atoms with E-state index >= 15 is 0 Å². The van der Waals surface area contributed by atoms with Crippen LogP contribution in [0.2, 0.25) is 0 Å². The van der Waals surface area contributed by atoms with Crippen LogP contribution in [0.25, 0.3) is 0 Å². The number of aromatic hydroxyl groups is 3. The van der Waals surface area contributed by atoms with E-state index in [0.717, 1.165) is 12.5 Å². The Hall–Kier alpha value is -2.17. The molecule has 104 valence electrons. The quantitative estimate of drug-likeness (QED) is 0.418. The largest absolute Gasteiger partial charge is 0.504 e. The number of ether oxygens (including phenoxy) is 1. The zero-order chi connectivity index (χ0) is 14.4. The Morgan fingerprint density at radius 1 is 1.37 bits per heavy atom. The molecule has 0 radical (unpaired) electrons. The van der Waals surface area contributed by atoms with Crippen LogP contribution < -0.4 is 0 Å². The summed E-state index contributed by atoms with van der Waals surface area (Å²) in [7, 11) is 0. The molecule has 3 N–H and O–H groups in total. The zero-order valence-corrected chi connectivity index (χ0v) is 10.8. The van der Waals surface area contributed by atoms with E-state index in [4.69, 9.17) is 4.74 Å². The summed E-state index contributed by atoms with van der Waals surface area (Å²) in [4.78, 5) is 11.1. The fourth-order valence-electron chi connectivity index (χ4n) is 1.80. The average molecular weight is 266 g/mol. The molecule has 0 aromatic heterocycles. The van der Waals surface area contributed by atoms with Crippen molar-refractivity contribution < 1.29 is 24.9 Å². The van der Waals surface area contributed by atoms with Crippen LogP contribution in [0, 0.1) is 0 Å². The van der Waals surface area contributed by atoms with Crippen LogP contribution in [0.3, 0.4) is 0 Å². The molecule has 0 heterocycles. The van der Waals surface area contributed by atoms with Crippen LogP contribution in [0.5, 0.6) is 17.2 Å². The number of hydrogen-bond donors (Lipinski definition) is 3. The van der Waals surface area contributed by atoms with Gasteiger partial charge in [-0.05, 0) is 24.1 Å². The van der Waals surface area contributed by atoms with Crippen molar-refractivity contribution in [2.45, 2.75) is 25.7 Å². The van der Waals surface area contributed by atoms with E-state index in [2.05, 4.69) is 6.58 Å². The third-order valence-corrected chi connectivity index (χ3v) is 2.79. The second-order valence-electron chi connectivity index (χ2n) is 4.23. The van der Waals surface area contributed by atoms with E-state index in [9.17, 15) is 20.1 Å². The van der Waals surface area contributed by atoms with Crippen LogP contribution in [0.4, 0.5) is 0 Å². The van der Waals surface area contributed by atoms with Gasteiger partial charge in [0.05, 0.1) is 6.61 Å². The summed E-state index contributed by atoms with van der Waals surface area (Å²) in [5.74, 6) is -2.03. The van der Waals surface area contributed by atoms with Gasteiger partial charge in [0, 0.05) is 12.0 Å². The molecule has 1 rings (SSSR count). The number of carbonyl (C=O) groups excluding carboxylic acids is 1. The monoisotopic (exact) mass is 266 g/mol. The maximum atomic E-state index is 11.1. The summed E-state index contributed by atoms with van der Waals surface area (Å²) in [6, 6.07) is 2.72. The Kier molecular flexibility index (Phi) is 5.23. The minimum absolute atomic E-state index is 0.127. The van der Waals surface area contributed by atoms with Gasteiger partial charge in [-0.25, -0.2) is 4.79 Å². The van der Waals surface area contributed by atoms with Crippen molar-refractivity contribution in [3.63, 3.8) is 0 Å². The molecule has 0 saturated carbocycles. The molecular formula is C14H18O5. The lowest BCUT2D eigenvalue weighted by atomic mass is 9.94. The third-order valence-electron chi connectivity index (χ3n) is 2.79. The Labute approximate surface area is 111 Å². The van der Waals surface area contributed by atoms with Crippen molar-refractivity contribution in [3.05, 3.63) is 30.4 Å². The lowest BCUT2D eigenvalue weighted by molar-refractivity contribution is -0.138. The summed E-state index contributed by atoms with van der Waals surface area (Å²) in [5, 5.41) is 28.3. The highest BCUT2D eigenvalue weighted by atomic mass is 16.5. The molecule has 5 heteroatoms. The van der Waals surface area contributed by atoms with E-state index in [-0.39, 0.29) is 12.5 Å². The standard InChI is InChI=1S/C14H18O5/c1-3-5-9(8-19-13(17)4-2)10-6-11(15)14(18)12(16)7-10/h4,6-7,9,15-16,18H,2-3,5,8H2,1H3. The maximum Gasteiger partial charge on any atom is 0.330 e. The van der Waals surface area contributed by atoms with Crippen LogP contribution in [0.1, 0.15) is 31.2 Å². The molecule has 0 fully saturated rings. The minimum Gasteiger partial charge on any atom is -0.504 e. The Morgan fingerprint density at radius 3 is 2.42 bits per heavy atom. The normalized spacial score (nSPS) is 11.8. The summed E-state index contributed by atoms with van der Waals surface area (Å²) < 4.78 is 4.99. The second-order valence-corrected chi connectivity index (χ2v) is 4.23. The number of carbonyl (C=O) groups is 1. The van der Waals surface area contributed by atoms with Gasteiger partial charge in [-0.1, -0.05) is 19.9 Å². The lowest BCUT2D eigenvalue weighted by Crippen LogP contribution is -2.11. The first kappa shape index (κ1) is 14.9. The average Bonchev–Trinajstić information content (AvgIpc) is 2.39.